The molecule has 1 rings (SSSR count). The summed E-state index contributed by atoms with van der Waals surface area (Å²) in [6, 6.07) is 0. The number of ether oxygens (including phenoxy) is 1. The Hall–Kier alpha value is -1.64. The van der Waals surface area contributed by atoms with Gasteiger partial charge in [-0.3, -0.25) is 9.59 Å². The molecule has 3 heteroatoms. The Morgan fingerprint density at radius 3 is 1.82 bits per heavy atom. The number of carbonyl (C=O) groups is 2. The molecule has 0 bridgehead atoms. The number of aldehydes is 2. The predicted molar refractivity (Wildman–Crippen MR) is 38.5 cm³/mol. The van der Waals surface area contributed by atoms with Crippen molar-refractivity contribution in [2.75, 3.05) is 0 Å². The molecule has 0 aromatic rings. The summed E-state index contributed by atoms with van der Waals surface area (Å²) >= 11 is 0. The number of carbonyl (C=O) groups excluding carboxylic acids is 2. The maximum absolute atomic E-state index is 10.2. The summed E-state index contributed by atoms with van der Waals surface area (Å²) in [7, 11) is 0. The van der Waals surface area contributed by atoms with E-state index >= 15 is 0 Å². The van der Waals surface area contributed by atoms with Crippen molar-refractivity contribution in [1.29, 1.82) is 0 Å². The largest absolute Gasteiger partial charge is 0.450 e. The molecule has 0 aliphatic carbocycles. The first-order valence-corrected chi connectivity index (χ1v) is 3.03. The van der Waals surface area contributed by atoms with Crippen LogP contribution in [0, 0.1) is 0 Å². The summed E-state index contributed by atoms with van der Waals surface area (Å²) in [6.07, 6.45) is 7.32. The minimum absolute atomic E-state index is 0.136. The van der Waals surface area contributed by atoms with Crippen molar-refractivity contribution >= 4 is 12.6 Å². The van der Waals surface area contributed by atoms with Crippen molar-refractivity contribution in [1.82, 2.24) is 0 Å². The van der Waals surface area contributed by atoms with Gasteiger partial charge in [-0.1, -0.05) is 12.2 Å². The van der Waals surface area contributed by atoms with Crippen LogP contribution >= 0.6 is 0 Å². The van der Waals surface area contributed by atoms with E-state index in [2.05, 4.69) is 0 Å². The Morgan fingerprint density at radius 1 is 1.00 bits per heavy atom. The third-order valence-electron chi connectivity index (χ3n) is 1.10. The summed E-state index contributed by atoms with van der Waals surface area (Å²) in [5.74, 6) is 0.272. The quantitative estimate of drug-likeness (QED) is 0.545. The molecule has 0 amide bonds. The van der Waals surface area contributed by atoms with Gasteiger partial charge in [0, 0.05) is 0 Å². The van der Waals surface area contributed by atoms with Gasteiger partial charge in [-0.25, -0.2) is 0 Å². The molecule has 0 saturated heterocycles. The molecule has 0 unspecified atom stereocenters. The summed E-state index contributed by atoms with van der Waals surface area (Å²) in [5.41, 5.74) is 0. The van der Waals surface area contributed by atoms with Crippen LogP contribution in [0.4, 0.5) is 0 Å². The molecule has 1 aliphatic rings. The highest BCUT2D eigenvalue weighted by atomic mass is 16.5. The zero-order valence-corrected chi connectivity index (χ0v) is 5.69. The van der Waals surface area contributed by atoms with E-state index in [-0.39, 0.29) is 11.5 Å². The van der Waals surface area contributed by atoms with Gasteiger partial charge in [-0.2, -0.15) is 0 Å². The van der Waals surface area contributed by atoms with E-state index in [4.69, 9.17) is 4.74 Å². The fourth-order valence-electron chi connectivity index (χ4n) is 0.632. The first-order valence-electron chi connectivity index (χ1n) is 3.03. The van der Waals surface area contributed by atoms with Gasteiger partial charge < -0.3 is 4.74 Å². The second-order valence-electron chi connectivity index (χ2n) is 1.86. The Kier molecular flexibility index (Phi) is 2.38. The van der Waals surface area contributed by atoms with Crippen molar-refractivity contribution < 1.29 is 14.3 Å². The minimum Gasteiger partial charge on any atom is -0.450 e. The monoisotopic (exact) mass is 150 g/mol. The van der Waals surface area contributed by atoms with E-state index in [1.807, 2.05) is 0 Å². The van der Waals surface area contributed by atoms with Gasteiger partial charge in [0.1, 0.15) is 0 Å². The number of allylic oxidation sites excluding steroid dienone is 6. The highest BCUT2D eigenvalue weighted by molar-refractivity contribution is 5.76. The van der Waals surface area contributed by atoms with E-state index in [1.165, 1.54) is 12.2 Å². The molecule has 1 aliphatic heterocycles. The Labute approximate surface area is 63.7 Å². The topological polar surface area (TPSA) is 43.4 Å². The summed E-state index contributed by atoms with van der Waals surface area (Å²) in [4.78, 5) is 20.4. The molecule has 3 nitrogen and oxygen atoms in total. The molecule has 0 N–H and O–H groups in total. The lowest BCUT2D eigenvalue weighted by Crippen LogP contribution is -1.93. The fraction of sp³-hybridized carbons (Fsp3) is 0. The van der Waals surface area contributed by atoms with Gasteiger partial charge in [-0.05, 0) is 12.2 Å². The normalized spacial score (nSPS) is 15.6. The van der Waals surface area contributed by atoms with Gasteiger partial charge in [-0.15, -0.1) is 0 Å². The zero-order chi connectivity index (χ0) is 8.10. The Balaban J connectivity index is 2.85. The van der Waals surface area contributed by atoms with Crippen molar-refractivity contribution in [2.24, 2.45) is 0 Å². The van der Waals surface area contributed by atoms with Gasteiger partial charge in [0.05, 0.1) is 0 Å². The number of rotatable bonds is 2. The van der Waals surface area contributed by atoms with Crippen molar-refractivity contribution in [3.63, 3.8) is 0 Å². The summed E-state index contributed by atoms with van der Waals surface area (Å²) in [6.45, 7) is 0. The number of hydrogen-bond donors (Lipinski definition) is 0. The molecule has 0 radical (unpaired) electrons. The second-order valence-corrected chi connectivity index (χ2v) is 1.86. The van der Waals surface area contributed by atoms with Crippen LogP contribution in [0.5, 0.6) is 0 Å². The third kappa shape index (κ3) is 1.89. The molecule has 11 heavy (non-hydrogen) atoms. The molecule has 0 aromatic carbocycles. The second kappa shape index (κ2) is 3.51. The summed E-state index contributed by atoms with van der Waals surface area (Å²) in [5, 5.41) is 0. The Bertz CT molecular complexity index is 233. The van der Waals surface area contributed by atoms with Gasteiger partial charge in [0.25, 0.3) is 0 Å². The van der Waals surface area contributed by atoms with E-state index in [0.29, 0.717) is 12.6 Å². The van der Waals surface area contributed by atoms with Crippen LogP contribution in [-0.2, 0) is 14.3 Å². The molecule has 0 saturated carbocycles. The molecule has 0 aromatic heterocycles. The van der Waals surface area contributed by atoms with Crippen LogP contribution in [0.15, 0.2) is 35.8 Å². The van der Waals surface area contributed by atoms with E-state index < -0.39 is 0 Å². The minimum atomic E-state index is 0.136. The zero-order valence-electron chi connectivity index (χ0n) is 5.69. The highest BCUT2D eigenvalue weighted by Crippen LogP contribution is 2.06. The molecule has 56 valence electrons. The molecule has 1 heterocycles. The Morgan fingerprint density at radius 2 is 1.45 bits per heavy atom. The third-order valence-corrected chi connectivity index (χ3v) is 1.10. The van der Waals surface area contributed by atoms with E-state index in [1.54, 1.807) is 12.2 Å². The highest BCUT2D eigenvalue weighted by Gasteiger charge is 2.01. The SMILES string of the molecule is O=CC1=CC=CC=C(C=O)O1. The molecule has 0 fully saturated rings. The van der Waals surface area contributed by atoms with Crippen LogP contribution in [0.2, 0.25) is 0 Å². The van der Waals surface area contributed by atoms with Crippen molar-refractivity contribution in [3.05, 3.63) is 35.8 Å². The molecule has 0 atom stereocenters. The predicted octanol–water partition coefficient (Wildman–Crippen LogP) is 0.738. The van der Waals surface area contributed by atoms with Crippen LogP contribution in [0.1, 0.15) is 0 Å². The van der Waals surface area contributed by atoms with Crippen LogP contribution in [0.3, 0.4) is 0 Å². The smallest absolute Gasteiger partial charge is 0.185 e. The van der Waals surface area contributed by atoms with Crippen LogP contribution < -0.4 is 0 Å². The maximum atomic E-state index is 10.2. The van der Waals surface area contributed by atoms with Gasteiger partial charge in [0.2, 0.25) is 0 Å². The summed E-state index contributed by atoms with van der Waals surface area (Å²) < 4.78 is 4.83. The average molecular weight is 150 g/mol. The van der Waals surface area contributed by atoms with Gasteiger partial charge in [0.15, 0.2) is 24.1 Å². The fourth-order valence-corrected chi connectivity index (χ4v) is 0.632. The van der Waals surface area contributed by atoms with Gasteiger partial charge >= 0.3 is 0 Å². The molecular weight excluding hydrogens is 144 g/mol. The molecule has 0 spiro atoms. The molecular formula is C8H6O3. The lowest BCUT2D eigenvalue weighted by atomic mass is 10.4. The lowest BCUT2D eigenvalue weighted by molar-refractivity contribution is -0.109. The van der Waals surface area contributed by atoms with E-state index in [0.717, 1.165) is 0 Å². The standard InChI is InChI=1S/C8H6O3/c9-5-7-3-1-2-4-8(6-10)11-7/h1-6H. The lowest BCUT2D eigenvalue weighted by Gasteiger charge is -1.98. The van der Waals surface area contributed by atoms with Crippen molar-refractivity contribution in [3.8, 4) is 0 Å². The van der Waals surface area contributed by atoms with Crippen molar-refractivity contribution in [2.45, 2.75) is 0 Å². The van der Waals surface area contributed by atoms with E-state index in [9.17, 15) is 9.59 Å². The first-order chi connectivity index (χ1) is 5.36. The first kappa shape index (κ1) is 7.47. The van der Waals surface area contributed by atoms with Crippen LogP contribution in [-0.4, -0.2) is 12.6 Å². The van der Waals surface area contributed by atoms with Crippen LogP contribution in [0.25, 0.3) is 0 Å². The average Bonchev–Trinajstić information content (AvgIpc) is 2.28. The number of hydrogen-bond acceptors (Lipinski definition) is 3. The maximum Gasteiger partial charge on any atom is 0.185 e.